The van der Waals surface area contributed by atoms with Crippen molar-refractivity contribution in [3.8, 4) is 0 Å². The molecule has 1 heterocycles. The molecule has 1 aromatic heterocycles. The Balaban J connectivity index is 2.13. The summed E-state index contributed by atoms with van der Waals surface area (Å²) in [6, 6.07) is 8.21. The van der Waals surface area contributed by atoms with Crippen molar-refractivity contribution in [1.82, 2.24) is 0 Å². The van der Waals surface area contributed by atoms with Crippen LogP contribution in [0.3, 0.4) is 0 Å². The average Bonchev–Trinajstić information content (AvgIpc) is 2.68. The van der Waals surface area contributed by atoms with E-state index in [1.807, 2.05) is 0 Å². The lowest BCUT2D eigenvalue weighted by Crippen LogP contribution is -2.02. The van der Waals surface area contributed by atoms with Crippen LogP contribution in [0.5, 0.6) is 0 Å². The number of benzene rings is 1. The van der Waals surface area contributed by atoms with Crippen molar-refractivity contribution in [3.05, 3.63) is 59.3 Å². The van der Waals surface area contributed by atoms with Gasteiger partial charge in [-0.3, -0.25) is 0 Å². The molecule has 16 heavy (non-hydrogen) atoms. The van der Waals surface area contributed by atoms with E-state index in [0.717, 1.165) is 5.76 Å². The molecule has 2 aromatic rings. The lowest BCUT2D eigenvalue weighted by Gasteiger charge is -2.08. The minimum atomic E-state index is -0.727. The van der Waals surface area contributed by atoms with Gasteiger partial charge in [0.05, 0.1) is 12.4 Å². The van der Waals surface area contributed by atoms with Crippen LogP contribution in [0.1, 0.15) is 23.0 Å². The summed E-state index contributed by atoms with van der Waals surface area (Å²) in [7, 11) is 0. The van der Waals surface area contributed by atoms with Crippen LogP contribution in [0.25, 0.3) is 0 Å². The second-order valence-corrected chi connectivity index (χ2v) is 3.80. The molecule has 0 amide bonds. The highest BCUT2D eigenvalue weighted by molar-refractivity contribution is 5.22. The van der Waals surface area contributed by atoms with Gasteiger partial charge in [-0.1, -0.05) is 18.2 Å². The molecule has 0 fully saturated rings. The normalized spacial score (nSPS) is 12.7. The summed E-state index contributed by atoms with van der Waals surface area (Å²) >= 11 is 0. The smallest absolute Gasteiger partial charge is 0.126 e. The average molecular weight is 220 g/mol. The van der Waals surface area contributed by atoms with Crippen molar-refractivity contribution >= 4 is 0 Å². The minimum absolute atomic E-state index is 0.256. The van der Waals surface area contributed by atoms with Gasteiger partial charge in [-0.05, 0) is 24.6 Å². The number of halogens is 1. The number of hydrogen-bond donors (Lipinski definition) is 1. The quantitative estimate of drug-likeness (QED) is 0.862. The molecular weight excluding hydrogens is 207 g/mol. The molecular formula is C13H13FO2. The first-order valence-corrected chi connectivity index (χ1v) is 5.13. The molecule has 0 radical (unpaired) electrons. The molecule has 0 aliphatic rings. The monoisotopic (exact) mass is 220 g/mol. The molecule has 2 nitrogen and oxygen atoms in total. The van der Waals surface area contributed by atoms with Gasteiger partial charge in [0.15, 0.2) is 0 Å². The zero-order valence-corrected chi connectivity index (χ0v) is 8.98. The van der Waals surface area contributed by atoms with E-state index in [0.29, 0.717) is 11.1 Å². The molecule has 1 atom stereocenters. The lowest BCUT2D eigenvalue weighted by molar-refractivity contribution is 0.176. The predicted octanol–water partition coefficient (Wildman–Crippen LogP) is 3.00. The molecule has 84 valence electrons. The Morgan fingerprint density at radius 2 is 2.12 bits per heavy atom. The maximum Gasteiger partial charge on any atom is 0.126 e. The van der Waals surface area contributed by atoms with Crippen LogP contribution in [0.15, 0.2) is 41.0 Å². The van der Waals surface area contributed by atoms with E-state index >= 15 is 0 Å². The predicted molar refractivity (Wildman–Crippen MR) is 58.5 cm³/mol. The summed E-state index contributed by atoms with van der Waals surface area (Å²) in [5, 5.41) is 9.89. The van der Waals surface area contributed by atoms with Gasteiger partial charge in [0.2, 0.25) is 0 Å². The van der Waals surface area contributed by atoms with Crippen LogP contribution in [-0.2, 0) is 6.42 Å². The van der Waals surface area contributed by atoms with E-state index in [1.165, 1.54) is 12.3 Å². The van der Waals surface area contributed by atoms with Gasteiger partial charge in [-0.25, -0.2) is 4.39 Å². The van der Waals surface area contributed by atoms with Crippen LogP contribution < -0.4 is 0 Å². The second kappa shape index (κ2) is 4.49. The Labute approximate surface area is 93.3 Å². The van der Waals surface area contributed by atoms with Crippen LogP contribution in [0, 0.1) is 12.7 Å². The summed E-state index contributed by atoms with van der Waals surface area (Å²) in [4.78, 5) is 0. The molecule has 1 aromatic carbocycles. The largest absolute Gasteiger partial charge is 0.469 e. The molecule has 0 bridgehead atoms. The highest BCUT2D eigenvalue weighted by Gasteiger charge is 2.13. The SMILES string of the molecule is Cc1cc(C(O)Cc2ccccc2F)co1. The Hall–Kier alpha value is -1.61. The summed E-state index contributed by atoms with van der Waals surface area (Å²) in [6.07, 6.45) is 1.03. The van der Waals surface area contributed by atoms with E-state index in [4.69, 9.17) is 4.42 Å². The topological polar surface area (TPSA) is 33.4 Å². The number of rotatable bonds is 3. The zero-order valence-electron chi connectivity index (χ0n) is 8.98. The third-order valence-corrected chi connectivity index (χ3v) is 2.51. The molecule has 3 heteroatoms. The molecule has 0 saturated heterocycles. The molecule has 0 saturated carbocycles. The van der Waals surface area contributed by atoms with Crippen molar-refractivity contribution in [1.29, 1.82) is 0 Å². The van der Waals surface area contributed by atoms with Gasteiger partial charge in [-0.15, -0.1) is 0 Å². The first-order valence-electron chi connectivity index (χ1n) is 5.13. The number of hydrogen-bond acceptors (Lipinski definition) is 2. The van der Waals surface area contributed by atoms with Crippen LogP contribution in [0.2, 0.25) is 0 Å². The molecule has 0 aliphatic carbocycles. The fourth-order valence-electron chi connectivity index (χ4n) is 1.63. The van der Waals surface area contributed by atoms with Gasteiger partial charge >= 0.3 is 0 Å². The standard InChI is InChI=1S/C13H13FO2/c1-9-6-11(8-16-9)13(15)7-10-4-2-3-5-12(10)14/h2-6,8,13,15H,7H2,1H3. The van der Waals surface area contributed by atoms with E-state index < -0.39 is 6.10 Å². The van der Waals surface area contributed by atoms with E-state index in [1.54, 1.807) is 31.2 Å². The molecule has 1 N–H and O–H groups in total. The Morgan fingerprint density at radius 1 is 1.38 bits per heavy atom. The highest BCUT2D eigenvalue weighted by atomic mass is 19.1. The first kappa shape index (κ1) is 10.9. The molecule has 2 rings (SSSR count). The first-order chi connectivity index (χ1) is 7.66. The summed E-state index contributed by atoms with van der Waals surface area (Å²) in [5.41, 5.74) is 1.19. The third-order valence-electron chi connectivity index (χ3n) is 2.51. The number of aliphatic hydroxyl groups excluding tert-OH is 1. The summed E-state index contributed by atoms with van der Waals surface area (Å²) in [5.74, 6) is 0.448. The maximum absolute atomic E-state index is 13.3. The summed E-state index contributed by atoms with van der Waals surface area (Å²) in [6.45, 7) is 1.80. The minimum Gasteiger partial charge on any atom is -0.469 e. The number of furan rings is 1. The molecule has 0 aliphatic heterocycles. The molecule has 0 spiro atoms. The summed E-state index contributed by atoms with van der Waals surface area (Å²) < 4.78 is 18.4. The van der Waals surface area contributed by atoms with Crippen LogP contribution in [0.4, 0.5) is 4.39 Å². The number of aryl methyl sites for hydroxylation is 1. The Morgan fingerprint density at radius 3 is 2.75 bits per heavy atom. The maximum atomic E-state index is 13.3. The van der Waals surface area contributed by atoms with Gasteiger partial charge in [-0.2, -0.15) is 0 Å². The van der Waals surface area contributed by atoms with Crippen molar-refractivity contribution in [2.24, 2.45) is 0 Å². The van der Waals surface area contributed by atoms with Crippen LogP contribution >= 0.6 is 0 Å². The van der Waals surface area contributed by atoms with Gasteiger partial charge in [0.1, 0.15) is 11.6 Å². The van der Waals surface area contributed by atoms with E-state index in [-0.39, 0.29) is 12.2 Å². The Bertz CT molecular complexity index is 476. The second-order valence-electron chi connectivity index (χ2n) is 3.80. The zero-order chi connectivity index (χ0) is 11.5. The van der Waals surface area contributed by atoms with Crippen LogP contribution in [-0.4, -0.2) is 5.11 Å². The van der Waals surface area contributed by atoms with Gasteiger partial charge in [0.25, 0.3) is 0 Å². The fraction of sp³-hybridized carbons (Fsp3) is 0.231. The number of aliphatic hydroxyl groups is 1. The van der Waals surface area contributed by atoms with Gasteiger partial charge in [0, 0.05) is 12.0 Å². The molecule has 1 unspecified atom stereocenters. The van der Waals surface area contributed by atoms with Crippen molar-refractivity contribution in [2.45, 2.75) is 19.4 Å². The van der Waals surface area contributed by atoms with Gasteiger partial charge < -0.3 is 9.52 Å². The third kappa shape index (κ3) is 2.31. The van der Waals surface area contributed by atoms with E-state index in [9.17, 15) is 9.50 Å². The van der Waals surface area contributed by atoms with E-state index in [2.05, 4.69) is 0 Å². The van der Waals surface area contributed by atoms with Crippen molar-refractivity contribution < 1.29 is 13.9 Å². The van der Waals surface area contributed by atoms with Crippen molar-refractivity contribution in [2.75, 3.05) is 0 Å². The van der Waals surface area contributed by atoms with Crippen molar-refractivity contribution in [3.63, 3.8) is 0 Å². The fourth-order valence-corrected chi connectivity index (χ4v) is 1.63. The Kier molecular flexibility index (Phi) is 3.06. The lowest BCUT2D eigenvalue weighted by atomic mass is 10.0. The highest BCUT2D eigenvalue weighted by Crippen LogP contribution is 2.21.